The normalized spacial score (nSPS) is 11.6. The summed E-state index contributed by atoms with van der Waals surface area (Å²) < 4.78 is 28.7. The van der Waals surface area contributed by atoms with Gasteiger partial charge in [-0.25, -0.2) is 8.42 Å². The van der Waals surface area contributed by atoms with E-state index in [9.17, 15) is 8.42 Å². The molecule has 21 heavy (non-hydrogen) atoms. The highest BCUT2D eigenvalue weighted by molar-refractivity contribution is 9.11. The predicted octanol–water partition coefficient (Wildman–Crippen LogP) is 3.73. The zero-order chi connectivity index (χ0) is 15.5. The van der Waals surface area contributed by atoms with E-state index in [1.54, 1.807) is 12.1 Å². The van der Waals surface area contributed by atoms with Gasteiger partial charge < -0.3 is 5.32 Å². The number of halogens is 1. The molecule has 7 heteroatoms. The number of para-hydroxylation sites is 1. The van der Waals surface area contributed by atoms with E-state index in [4.69, 9.17) is 0 Å². The smallest absolute Gasteiger partial charge is 0.271 e. The van der Waals surface area contributed by atoms with E-state index in [2.05, 4.69) is 26.0 Å². The Morgan fingerprint density at radius 1 is 1.29 bits per heavy atom. The SMILES string of the molecule is CCNCc1ccccc1NS(=O)(=O)c1cc(C)c(Br)s1. The molecule has 1 heterocycles. The van der Waals surface area contributed by atoms with Crippen LogP contribution in [-0.2, 0) is 16.6 Å². The maximum atomic E-state index is 12.5. The molecule has 2 N–H and O–H groups in total. The van der Waals surface area contributed by atoms with Crippen LogP contribution in [0.5, 0.6) is 0 Å². The van der Waals surface area contributed by atoms with E-state index in [0.29, 0.717) is 16.4 Å². The second-order valence-electron chi connectivity index (χ2n) is 4.57. The van der Waals surface area contributed by atoms with Crippen LogP contribution < -0.4 is 10.0 Å². The first kappa shape index (κ1) is 16.5. The number of hydrogen-bond donors (Lipinski definition) is 2. The van der Waals surface area contributed by atoms with Gasteiger partial charge in [0.1, 0.15) is 4.21 Å². The molecule has 2 aromatic rings. The first-order valence-corrected chi connectivity index (χ1v) is 9.60. The second-order valence-corrected chi connectivity index (χ2v) is 8.84. The number of rotatable bonds is 6. The van der Waals surface area contributed by atoms with Crippen LogP contribution in [0.4, 0.5) is 5.69 Å². The first-order chi connectivity index (χ1) is 9.94. The Hall–Kier alpha value is -0.890. The van der Waals surface area contributed by atoms with Crippen molar-refractivity contribution in [1.29, 1.82) is 0 Å². The molecular weight excluding hydrogens is 372 g/mol. The van der Waals surface area contributed by atoms with Gasteiger partial charge in [-0.2, -0.15) is 0 Å². The molecular formula is C14H17BrN2O2S2. The summed E-state index contributed by atoms with van der Waals surface area (Å²) in [5.74, 6) is 0. The monoisotopic (exact) mass is 388 g/mol. The molecule has 0 radical (unpaired) electrons. The quantitative estimate of drug-likeness (QED) is 0.792. The fourth-order valence-corrected chi connectivity index (χ4v) is 5.12. The molecule has 0 atom stereocenters. The Labute approximate surface area is 137 Å². The third kappa shape index (κ3) is 4.06. The molecule has 0 unspecified atom stereocenters. The van der Waals surface area contributed by atoms with Crippen LogP contribution in [0.2, 0.25) is 0 Å². The van der Waals surface area contributed by atoms with E-state index in [1.165, 1.54) is 11.3 Å². The van der Waals surface area contributed by atoms with E-state index < -0.39 is 10.0 Å². The third-order valence-corrected chi connectivity index (χ3v) is 6.90. The summed E-state index contributed by atoms with van der Waals surface area (Å²) in [7, 11) is -3.55. The maximum absolute atomic E-state index is 12.5. The van der Waals surface area contributed by atoms with Crippen LogP contribution in [0.15, 0.2) is 38.3 Å². The maximum Gasteiger partial charge on any atom is 0.271 e. The van der Waals surface area contributed by atoms with Crippen molar-refractivity contribution in [1.82, 2.24) is 5.32 Å². The molecule has 0 fully saturated rings. The van der Waals surface area contributed by atoms with Crippen LogP contribution in [0.1, 0.15) is 18.1 Å². The van der Waals surface area contributed by atoms with Crippen molar-refractivity contribution < 1.29 is 8.42 Å². The molecule has 114 valence electrons. The lowest BCUT2D eigenvalue weighted by atomic mass is 10.2. The third-order valence-electron chi connectivity index (χ3n) is 2.93. The zero-order valence-electron chi connectivity index (χ0n) is 11.8. The van der Waals surface area contributed by atoms with Gasteiger partial charge in [0, 0.05) is 6.54 Å². The van der Waals surface area contributed by atoms with Gasteiger partial charge >= 0.3 is 0 Å². The molecule has 0 bridgehead atoms. The van der Waals surface area contributed by atoms with E-state index >= 15 is 0 Å². The number of anilines is 1. The van der Waals surface area contributed by atoms with Crippen molar-refractivity contribution >= 4 is 43.0 Å². The van der Waals surface area contributed by atoms with E-state index in [0.717, 1.165) is 21.5 Å². The summed E-state index contributed by atoms with van der Waals surface area (Å²) in [6.45, 7) is 5.35. The topological polar surface area (TPSA) is 58.2 Å². The average molecular weight is 389 g/mol. The Balaban J connectivity index is 2.28. The van der Waals surface area contributed by atoms with Gasteiger partial charge in [0.25, 0.3) is 10.0 Å². The minimum Gasteiger partial charge on any atom is -0.313 e. The molecule has 4 nitrogen and oxygen atoms in total. The summed E-state index contributed by atoms with van der Waals surface area (Å²) in [5.41, 5.74) is 2.46. The van der Waals surface area contributed by atoms with Gasteiger partial charge in [-0.05, 0) is 52.7 Å². The second kappa shape index (κ2) is 6.91. The molecule has 0 aliphatic heterocycles. The highest BCUT2D eigenvalue weighted by atomic mass is 79.9. The number of sulfonamides is 1. The minimum atomic E-state index is -3.55. The lowest BCUT2D eigenvalue weighted by Gasteiger charge is -2.12. The number of thiophene rings is 1. The van der Waals surface area contributed by atoms with Crippen molar-refractivity contribution in [3.63, 3.8) is 0 Å². The van der Waals surface area contributed by atoms with Crippen LogP contribution in [0.3, 0.4) is 0 Å². The van der Waals surface area contributed by atoms with Crippen molar-refractivity contribution in [3.05, 3.63) is 45.2 Å². The minimum absolute atomic E-state index is 0.310. The molecule has 0 saturated carbocycles. The first-order valence-electron chi connectivity index (χ1n) is 6.51. The molecule has 0 spiro atoms. The van der Waals surface area contributed by atoms with Crippen molar-refractivity contribution in [2.45, 2.75) is 24.6 Å². The summed E-state index contributed by atoms with van der Waals surface area (Å²) in [4.78, 5) is 0. The van der Waals surface area contributed by atoms with E-state index in [-0.39, 0.29) is 0 Å². The van der Waals surface area contributed by atoms with Crippen molar-refractivity contribution in [2.75, 3.05) is 11.3 Å². The lowest BCUT2D eigenvalue weighted by molar-refractivity contribution is 0.603. The van der Waals surface area contributed by atoms with Gasteiger partial charge in [-0.3, -0.25) is 4.72 Å². The summed E-state index contributed by atoms with van der Waals surface area (Å²) in [6.07, 6.45) is 0. The molecule has 0 amide bonds. The van der Waals surface area contributed by atoms with E-state index in [1.807, 2.05) is 32.0 Å². The Kier molecular flexibility index (Phi) is 5.43. The molecule has 0 aliphatic rings. The average Bonchev–Trinajstić information content (AvgIpc) is 2.78. The molecule has 2 rings (SSSR count). The number of benzene rings is 1. The Morgan fingerprint density at radius 3 is 2.62 bits per heavy atom. The van der Waals surface area contributed by atoms with Crippen LogP contribution in [-0.4, -0.2) is 15.0 Å². The number of nitrogens with one attached hydrogen (secondary N) is 2. The highest BCUT2D eigenvalue weighted by Crippen LogP contribution is 2.32. The number of hydrogen-bond acceptors (Lipinski definition) is 4. The van der Waals surface area contributed by atoms with Gasteiger partial charge in [0.15, 0.2) is 0 Å². The summed E-state index contributed by atoms with van der Waals surface area (Å²) >= 11 is 4.57. The lowest BCUT2D eigenvalue weighted by Crippen LogP contribution is -2.16. The molecule has 0 saturated heterocycles. The fraction of sp³-hybridized carbons (Fsp3) is 0.286. The van der Waals surface area contributed by atoms with Crippen LogP contribution >= 0.6 is 27.3 Å². The largest absolute Gasteiger partial charge is 0.313 e. The summed E-state index contributed by atoms with van der Waals surface area (Å²) in [5, 5.41) is 3.20. The highest BCUT2D eigenvalue weighted by Gasteiger charge is 2.19. The van der Waals surface area contributed by atoms with Gasteiger partial charge in [-0.1, -0.05) is 25.1 Å². The molecule has 1 aromatic heterocycles. The molecule has 1 aromatic carbocycles. The Bertz CT molecular complexity index is 707. The van der Waals surface area contributed by atoms with Crippen LogP contribution in [0, 0.1) is 6.92 Å². The Morgan fingerprint density at radius 2 is 2.00 bits per heavy atom. The molecule has 0 aliphatic carbocycles. The predicted molar refractivity (Wildman–Crippen MR) is 91.4 cm³/mol. The fourth-order valence-electron chi connectivity index (χ4n) is 1.79. The van der Waals surface area contributed by atoms with Crippen molar-refractivity contribution in [2.24, 2.45) is 0 Å². The van der Waals surface area contributed by atoms with Crippen molar-refractivity contribution in [3.8, 4) is 0 Å². The zero-order valence-corrected chi connectivity index (χ0v) is 15.0. The number of aryl methyl sites for hydroxylation is 1. The standard InChI is InChI=1S/C14H17BrN2O2S2/c1-3-16-9-11-6-4-5-7-12(11)17-21(18,19)13-8-10(2)14(15)20-13/h4-8,16-17H,3,9H2,1-2H3. The van der Waals surface area contributed by atoms with Crippen LogP contribution in [0.25, 0.3) is 0 Å². The van der Waals surface area contributed by atoms with Gasteiger partial charge in [0.2, 0.25) is 0 Å². The summed E-state index contributed by atoms with van der Waals surface area (Å²) in [6, 6.07) is 9.08. The van der Waals surface area contributed by atoms with Gasteiger partial charge in [-0.15, -0.1) is 11.3 Å². The van der Waals surface area contributed by atoms with Gasteiger partial charge in [0.05, 0.1) is 9.47 Å².